The Hall–Kier alpha value is -4.64. The van der Waals surface area contributed by atoms with Crippen LogP contribution in [-0.4, -0.2) is 25.8 Å². The summed E-state index contributed by atoms with van der Waals surface area (Å²) in [5.41, 5.74) is 9.13. The van der Waals surface area contributed by atoms with E-state index < -0.39 is 18.0 Å². The van der Waals surface area contributed by atoms with Gasteiger partial charge in [-0.05, 0) is 61.2 Å². The summed E-state index contributed by atoms with van der Waals surface area (Å²) in [6.07, 6.45) is 3.23. The largest absolute Gasteiger partial charge is 0.493 e. The maximum absolute atomic E-state index is 12.8. The van der Waals surface area contributed by atoms with Crippen LogP contribution in [0.3, 0.4) is 0 Å². The van der Waals surface area contributed by atoms with Crippen molar-refractivity contribution < 1.29 is 28.5 Å². The number of rotatable bonds is 12. The number of fused-ring (bicyclic) bond motifs is 1. The van der Waals surface area contributed by atoms with Crippen LogP contribution in [0.1, 0.15) is 62.6 Å². The highest BCUT2D eigenvalue weighted by Gasteiger charge is 2.32. The predicted octanol–water partition coefficient (Wildman–Crippen LogP) is 6.42. The molecule has 0 aliphatic carbocycles. The van der Waals surface area contributed by atoms with Crippen molar-refractivity contribution >= 4 is 5.97 Å². The first kappa shape index (κ1) is 29.3. The van der Waals surface area contributed by atoms with Crippen LogP contribution in [0.25, 0.3) is 0 Å². The molecule has 8 nitrogen and oxygen atoms in total. The molecule has 0 spiro atoms. The molecule has 0 amide bonds. The normalized spacial score (nSPS) is 14.8. The second kappa shape index (κ2) is 13.6. The van der Waals surface area contributed by atoms with E-state index in [0.29, 0.717) is 35.2 Å². The van der Waals surface area contributed by atoms with E-state index in [1.165, 1.54) is 5.56 Å². The predicted molar refractivity (Wildman–Crippen MR) is 155 cm³/mol. The van der Waals surface area contributed by atoms with E-state index in [1.807, 2.05) is 42.5 Å². The molecule has 2 atom stereocenters. The van der Waals surface area contributed by atoms with Crippen LogP contribution in [0, 0.1) is 11.3 Å². The lowest BCUT2D eigenvalue weighted by Crippen LogP contribution is -2.28. The van der Waals surface area contributed by atoms with Gasteiger partial charge in [0.2, 0.25) is 5.88 Å². The van der Waals surface area contributed by atoms with Crippen molar-refractivity contribution in [3.8, 4) is 34.8 Å². The monoisotopic (exact) mass is 556 g/mol. The van der Waals surface area contributed by atoms with Crippen LogP contribution in [-0.2, 0) is 11.2 Å². The number of aryl methyl sites for hydroxylation is 1. The first-order valence-corrected chi connectivity index (χ1v) is 13.9. The van der Waals surface area contributed by atoms with E-state index in [2.05, 4.69) is 19.9 Å². The fraction of sp³-hybridized carbons (Fsp3) is 0.333. The number of carbonyl (C=O) groups excluding carboxylic acids is 1. The van der Waals surface area contributed by atoms with E-state index >= 15 is 0 Å². The Morgan fingerprint density at radius 2 is 1.78 bits per heavy atom. The SMILES string of the molecule is CCCCCOc1ccc(C2C(C#N)=C(N)Oc3cc(OC(=O)C(C)Oc4ccc(CC)cc4)ccc32)cc1OC. The Morgan fingerprint density at radius 1 is 1.02 bits per heavy atom. The average molecular weight is 557 g/mol. The van der Waals surface area contributed by atoms with Gasteiger partial charge in [-0.2, -0.15) is 5.26 Å². The zero-order chi connectivity index (χ0) is 29.4. The summed E-state index contributed by atoms with van der Waals surface area (Å²) in [7, 11) is 1.58. The average Bonchev–Trinajstić information content (AvgIpc) is 2.99. The number of methoxy groups -OCH3 is 1. The van der Waals surface area contributed by atoms with Crippen LogP contribution in [0.2, 0.25) is 0 Å². The molecule has 8 heteroatoms. The molecule has 1 heterocycles. The van der Waals surface area contributed by atoms with E-state index in [9.17, 15) is 10.1 Å². The summed E-state index contributed by atoms with van der Waals surface area (Å²) in [5, 5.41) is 9.94. The lowest BCUT2D eigenvalue weighted by Gasteiger charge is -2.27. The molecular weight excluding hydrogens is 520 g/mol. The summed E-state index contributed by atoms with van der Waals surface area (Å²) >= 11 is 0. The zero-order valence-electron chi connectivity index (χ0n) is 23.9. The Balaban J connectivity index is 1.54. The standard InChI is InChI=1S/C33H36N2O6/c1-5-7-8-17-38-28-16-11-23(18-30(28)37-4)31-26-15-14-25(19-29(26)41-32(35)27(31)20-34)40-33(36)21(3)39-24-12-9-22(6-2)10-13-24/h9-16,18-19,21,31H,5-8,17,35H2,1-4H3. The topological polar surface area (TPSA) is 113 Å². The second-order valence-electron chi connectivity index (χ2n) is 9.77. The van der Waals surface area contributed by atoms with Gasteiger partial charge in [-0.1, -0.05) is 51.0 Å². The molecule has 0 saturated heterocycles. The van der Waals surface area contributed by atoms with Gasteiger partial charge < -0.3 is 29.4 Å². The van der Waals surface area contributed by atoms with Crippen molar-refractivity contribution in [2.45, 2.75) is 58.5 Å². The Bertz CT molecular complexity index is 1440. The van der Waals surface area contributed by atoms with Gasteiger partial charge in [-0.15, -0.1) is 0 Å². The fourth-order valence-electron chi connectivity index (χ4n) is 4.61. The minimum absolute atomic E-state index is 0.0143. The molecule has 0 fully saturated rings. The van der Waals surface area contributed by atoms with Crippen molar-refractivity contribution in [3.05, 3.63) is 88.8 Å². The van der Waals surface area contributed by atoms with Crippen molar-refractivity contribution in [3.63, 3.8) is 0 Å². The van der Waals surface area contributed by atoms with Crippen molar-refractivity contribution in [2.75, 3.05) is 13.7 Å². The summed E-state index contributed by atoms with van der Waals surface area (Å²) in [4.78, 5) is 12.8. The Morgan fingerprint density at radius 3 is 2.46 bits per heavy atom. The molecule has 2 N–H and O–H groups in total. The van der Waals surface area contributed by atoms with Gasteiger partial charge in [0.15, 0.2) is 17.6 Å². The van der Waals surface area contributed by atoms with Gasteiger partial charge in [0, 0.05) is 11.6 Å². The maximum Gasteiger partial charge on any atom is 0.352 e. The van der Waals surface area contributed by atoms with Crippen LogP contribution < -0.4 is 29.4 Å². The van der Waals surface area contributed by atoms with Crippen molar-refractivity contribution in [2.24, 2.45) is 5.73 Å². The van der Waals surface area contributed by atoms with Crippen LogP contribution in [0.4, 0.5) is 0 Å². The third-order valence-electron chi connectivity index (χ3n) is 6.91. The Labute approximate surface area is 241 Å². The molecule has 3 aromatic carbocycles. The summed E-state index contributed by atoms with van der Waals surface area (Å²) < 4.78 is 28.7. The molecule has 0 bridgehead atoms. The third-order valence-corrected chi connectivity index (χ3v) is 6.91. The Kier molecular flexibility index (Phi) is 9.75. The van der Waals surface area contributed by atoms with Crippen LogP contribution >= 0.6 is 0 Å². The highest BCUT2D eigenvalue weighted by Crippen LogP contribution is 2.45. The quantitative estimate of drug-likeness (QED) is 0.155. The molecule has 0 aromatic heterocycles. The highest BCUT2D eigenvalue weighted by molar-refractivity contribution is 5.77. The molecule has 4 rings (SSSR count). The van der Waals surface area contributed by atoms with Gasteiger partial charge in [0.1, 0.15) is 28.9 Å². The lowest BCUT2D eigenvalue weighted by atomic mass is 9.83. The lowest BCUT2D eigenvalue weighted by molar-refractivity contribution is -0.141. The zero-order valence-corrected chi connectivity index (χ0v) is 23.9. The van der Waals surface area contributed by atoms with Crippen molar-refractivity contribution in [1.82, 2.24) is 0 Å². The summed E-state index contributed by atoms with van der Waals surface area (Å²) in [6.45, 7) is 6.44. The minimum Gasteiger partial charge on any atom is -0.493 e. The number of hydrogen-bond acceptors (Lipinski definition) is 8. The molecule has 0 saturated carbocycles. The number of hydrogen-bond donors (Lipinski definition) is 1. The smallest absolute Gasteiger partial charge is 0.352 e. The molecule has 1 aliphatic heterocycles. The number of nitrogens with two attached hydrogens (primary N) is 1. The third kappa shape index (κ3) is 6.93. The number of unbranched alkanes of at least 4 members (excludes halogenated alkanes) is 2. The van der Waals surface area contributed by atoms with Gasteiger partial charge in [0.25, 0.3) is 0 Å². The molecule has 1 aliphatic rings. The molecule has 2 unspecified atom stereocenters. The number of benzene rings is 3. The van der Waals surface area contributed by atoms with Crippen molar-refractivity contribution in [1.29, 1.82) is 5.26 Å². The van der Waals surface area contributed by atoms with Gasteiger partial charge in [0.05, 0.1) is 19.6 Å². The number of ether oxygens (including phenoxy) is 5. The molecule has 41 heavy (non-hydrogen) atoms. The number of nitriles is 1. The van der Waals surface area contributed by atoms with Gasteiger partial charge in [-0.3, -0.25) is 0 Å². The second-order valence-corrected chi connectivity index (χ2v) is 9.77. The minimum atomic E-state index is -0.836. The van der Waals surface area contributed by atoms with E-state index in [4.69, 9.17) is 29.4 Å². The number of esters is 1. The van der Waals surface area contributed by atoms with Gasteiger partial charge >= 0.3 is 5.97 Å². The number of allylic oxidation sites excluding steroid dienone is 1. The number of nitrogens with zero attached hydrogens (tertiary/aromatic N) is 1. The number of carbonyl (C=O) groups is 1. The fourth-order valence-corrected chi connectivity index (χ4v) is 4.61. The summed E-state index contributed by atoms with van der Waals surface area (Å²) in [6, 6.07) is 20.4. The molecule has 214 valence electrons. The van der Waals surface area contributed by atoms with Crippen LogP contribution in [0.5, 0.6) is 28.7 Å². The molecular formula is C33H36N2O6. The molecule has 3 aromatic rings. The van der Waals surface area contributed by atoms with E-state index in [1.54, 1.807) is 32.2 Å². The van der Waals surface area contributed by atoms with Gasteiger partial charge in [-0.25, -0.2) is 4.79 Å². The molecule has 0 radical (unpaired) electrons. The van der Waals surface area contributed by atoms with E-state index in [0.717, 1.165) is 31.2 Å². The first-order chi connectivity index (χ1) is 19.9. The highest BCUT2D eigenvalue weighted by atomic mass is 16.6. The maximum atomic E-state index is 12.8. The summed E-state index contributed by atoms with van der Waals surface area (Å²) in [5.74, 6) is 1.35. The first-order valence-electron chi connectivity index (χ1n) is 13.9. The van der Waals surface area contributed by atoms with Crippen LogP contribution in [0.15, 0.2) is 72.1 Å². The van der Waals surface area contributed by atoms with E-state index in [-0.39, 0.29) is 17.2 Å².